The van der Waals surface area contributed by atoms with E-state index in [9.17, 15) is 0 Å². The molecule has 2 aromatic carbocycles. The maximum absolute atomic E-state index is 5.66. The molecule has 28 heavy (non-hydrogen) atoms. The summed E-state index contributed by atoms with van der Waals surface area (Å²) in [5.41, 5.74) is 2.46. The number of hydrogen-bond acceptors (Lipinski definition) is 4. The molecule has 0 saturated heterocycles. The fourth-order valence-corrected chi connectivity index (χ4v) is 3.19. The second-order valence-corrected chi connectivity index (χ2v) is 7.30. The monoisotopic (exact) mass is 492 g/mol. The summed E-state index contributed by atoms with van der Waals surface area (Å²) in [5, 5.41) is 6.65. The minimum absolute atomic E-state index is 0. The van der Waals surface area contributed by atoms with Gasteiger partial charge in [-0.2, -0.15) is 0 Å². The average Bonchev–Trinajstić information content (AvgIpc) is 2.64. The Morgan fingerprint density at radius 1 is 1.07 bits per heavy atom. The summed E-state index contributed by atoms with van der Waals surface area (Å²) in [4.78, 5) is 0. The number of likely N-dealkylation sites (N-methyl/N-ethyl adjacent to an activating group) is 1. The van der Waals surface area contributed by atoms with Crippen LogP contribution < -0.4 is 15.4 Å². The predicted octanol–water partition coefficient (Wildman–Crippen LogP) is 4.80. The highest BCUT2D eigenvalue weighted by molar-refractivity contribution is 9.10. The van der Waals surface area contributed by atoms with Gasteiger partial charge in [-0.25, -0.2) is 0 Å². The van der Waals surface area contributed by atoms with Crippen molar-refractivity contribution >= 4 is 40.7 Å². The summed E-state index contributed by atoms with van der Waals surface area (Å²) < 4.78 is 12.4. The van der Waals surface area contributed by atoms with E-state index in [1.165, 1.54) is 11.1 Å². The second kappa shape index (κ2) is 15.1. The SMILES string of the molecule is CNCCOc1ccc(CC(C)NCC(OC)c2cccc(Br)c2)cc1.Cl.Cl. The molecule has 0 aliphatic rings. The van der Waals surface area contributed by atoms with Crippen molar-refractivity contribution < 1.29 is 9.47 Å². The van der Waals surface area contributed by atoms with Gasteiger partial charge in [0.25, 0.3) is 0 Å². The number of hydrogen-bond donors (Lipinski definition) is 2. The molecule has 0 bridgehead atoms. The highest BCUT2D eigenvalue weighted by Crippen LogP contribution is 2.20. The topological polar surface area (TPSA) is 42.5 Å². The van der Waals surface area contributed by atoms with E-state index in [1.807, 2.05) is 31.3 Å². The average molecular weight is 494 g/mol. The molecule has 7 heteroatoms. The van der Waals surface area contributed by atoms with Crippen molar-refractivity contribution in [1.29, 1.82) is 0 Å². The minimum atomic E-state index is 0. The number of methoxy groups -OCH3 is 1. The van der Waals surface area contributed by atoms with Crippen molar-refractivity contribution in [1.82, 2.24) is 10.6 Å². The normalized spacial score (nSPS) is 12.4. The quantitative estimate of drug-likeness (QED) is 0.441. The van der Waals surface area contributed by atoms with Crippen molar-refractivity contribution in [3.63, 3.8) is 0 Å². The molecular weight excluding hydrogens is 463 g/mol. The molecule has 0 aliphatic heterocycles. The van der Waals surface area contributed by atoms with Crippen LogP contribution in [0.15, 0.2) is 53.0 Å². The molecule has 0 heterocycles. The Morgan fingerprint density at radius 3 is 2.39 bits per heavy atom. The van der Waals surface area contributed by atoms with Gasteiger partial charge >= 0.3 is 0 Å². The molecule has 4 nitrogen and oxygen atoms in total. The smallest absolute Gasteiger partial charge is 0.119 e. The molecular formula is C21H31BrCl2N2O2. The Bertz CT molecular complexity index is 659. The maximum atomic E-state index is 5.66. The lowest BCUT2D eigenvalue weighted by atomic mass is 10.1. The molecule has 0 saturated carbocycles. The first-order valence-electron chi connectivity index (χ1n) is 9.00. The molecule has 2 unspecified atom stereocenters. The molecule has 0 aromatic heterocycles. The fraction of sp³-hybridized carbons (Fsp3) is 0.429. The van der Waals surface area contributed by atoms with Crippen LogP contribution >= 0.6 is 40.7 Å². The summed E-state index contributed by atoms with van der Waals surface area (Å²) in [6.45, 7) is 4.51. The van der Waals surface area contributed by atoms with Gasteiger partial charge in [-0.05, 0) is 55.8 Å². The largest absolute Gasteiger partial charge is 0.492 e. The summed E-state index contributed by atoms with van der Waals surface area (Å²) in [7, 11) is 3.68. The van der Waals surface area contributed by atoms with Gasteiger partial charge in [-0.15, -0.1) is 24.8 Å². The zero-order valence-corrected chi connectivity index (χ0v) is 19.8. The second-order valence-electron chi connectivity index (χ2n) is 6.39. The fourth-order valence-electron chi connectivity index (χ4n) is 2.77. The third-order valence-electron chi connectivity index (χ3n) is 4.24. The summed E-state index contributed by atoms with van der Waals surface area (Å²) in [5.74, 6) is 0.915. The molecule has 0 aliphatic carbocycles. The van der Waals surface area contributed by atoms with Gasteiger partial charge in [-0.3, -0.25) is 0 Å². The van der Waals surface area contributed by atoms with E-state index in [1.54, 1.807) is 7.11 Å². The maximum Gasteiger partial charge on any atom is 0.119 e. The minimum Gasteiger partial charge on any atom is -0.492 e. The van der Waals surface area contributed by atoms with E-state index in [2.05, 4.69) is 57.8 Å². The van der Waals surface area contributed by atoms with Gasteiger partial charge in [0, 0.05) is 30.7 Å². The number of halogens is 3. The highest BCUT2D eigenvalue weighted by atomic mass is 79.9. The zero-order chi connectivity index (χ0) is 18.8. The zero-order valence-electron chi connectivity index (χ0n) is 16.6. The van der Waals surface area contributed by atoms with Gasteiger partial charge < -0.3 is 20.1 Å². The highest BCUT2D eigenvalue weighted by Gasteiger charge is 2.12. The number of benzene rings is 2. The Labute approximate surface area is 189 Å². The van der Waals surface area contributed by atoms with Gasteiger partial charge in [0.2, 0.25) is 0 Å². The van der Waals surface area contributed by atoms with Crippen molar-refractivity contribution in [2.24, 2.45) is 0 Å². The molecule has 0 amide bonds. The first-order chi connectivity index (χ1) is 12.6. The van der Waals surface area contributed by atoms with Crippen LogP contribution in [0.5, 0.6) is 5.75 Å². The van der Waals surface area contributed by atoms with Crippen LogP contribution in [-0.4, -0.2) is 39.9 Å². The van der Waals surface area contributed by atoms with Crippen LogP contribution in [0, 0.1) is 0 Å². The van der Waals surface area contributed by atoms with E-state index in [4.69, 9.17) is 9.47 Å². The van der Waals surface area contributed by atoms with E-state index in [-0.39, 0.29) is 30.9 Å². The van der Waals surface area contributed by atoms with Gasteiger partial charge in [-0.1, -0.05) is 40.2 Å². The van der Waals surface area contributed by atoms with Crippen molar-refractivity contribution in [2.45, 2.75) is 25.5 Å². The molecule has 2 atom stereocenters. The van der Waals surface area contributed by atoms with Crippen LogP contribution in [0.25, 0.3) is 0 Å². The van der Waals surface area contributed by atoms with Gasteiger partial charge in [0.05, 0.1) is 6.10 Å². The Balaban J connectivity index is 0.00000364. The van der Waals surface area contributed by atoms with Crippen LogP contribution in [0.1, 0.15) is 24.2 Å². The number of rotatable bonds is 11. The van der Waals surface area contributed by atoms with Crippen LogP contribution in [0.3, 0.4) is 0 Å². The Morgan fingerprint density at radius 2 is 1.79 bits per heavy atom. The lowest BCUT2D eigenvalue weighted by Crippen LogP contribution is -2.32. The Hall–Kier alpha value is -0.820. The predicted molar refractivity (Wildman–Crippen MR) is 125 cm³/mol. The van der Waals surface area contributed by atoms with E-state index < -0.39 is 0 Å². The molecule has 0 spiro atoms. The van der Waals surface area contributed by atoms with Crippen LogP contribution in [-0.2, 0) is 11.2 Å². The third-order valence-corrected chi connectivity index (χ3v) is 4.74. The van der Waals surface area contributed by atoms with E-state index in [0.29, 0.717) is 12.6 Å². The van der Waals surface area contributed by atoms with Crippen LogP contribution in [0.2, 0.25) is 0 Å². The molecule has 2 rings (SSSR count). The number of nitrogens with one attached hydrogen (secondary N) is 2. The standard InChI is InChI=1S/C21H29BrN2O2.2ClH/c1-16(13-17-7-9-20(10-8-17)26-12-11-23-2)24-15-21(25-3)18-5-4-6-19(22)14-18;;/h4-10,14,16,21,23-24H,11-13,15H2,1-3H3;2*1H. The Kier molecular flexibility index (Phi) is 14.6. The number of ether oxygens (including phenoxy) is 2. The summed E-state index contributed by atoms with van der Waals surface area (Å²) in [6.07, 6.45) is 1.00. The first-order valence-corrected chi connectivity index (χ1v) is 9.79. The third kappa shape index (κ3) is 9.59. The van der Waals surface area contributed by atoms with E-state index in [0.717, 1.165) is 29.7 Å². The van der Waals surface area contributed by atoms with Crippen molar-refractivity contribution in [2.75, 3.05) is 33.9 Å². The van der Waals surface area contributed by atoms with Gasteiger partial charge in [0.1, 0.15) is 12.4 Å². The summed E-state index contributed by atoms with van der Waals surface area (Å²) in [6, 6.07) is 17.0. The molecule has 0 fully saturated rings. The summed E-state index contributed by atoms with van der Waals surface area (Å²) >= 11 is 3.52. The lowest BCUT2D eigenvalue weighted by molar-refractivity contribution is 0.0998. The lowest BCUT2D eigenvalue weighted by Gasteiger charge is -2.20. The molecule has 0 radical (unpaired) electrons. The molecule has 2 N–H and O–H groups in total. The van der Waals surface area contributed by atoms with Crippen molar-refractivity contribution in [3.05, 3.63) is 64.1 Å². The molecule has 158 valence electrons. The van der Waals surface area contributed by atoms with E-state index >= 15 is 0 Å². The van der Waals surface area contributed by atoms with Gasteiger partial charge in [0.15, 0.2) is 0 Å². The first kappa shape index (κ1) is 27.2. The van der Waals surface area contributed by atoms with Crippen molar-refractivity contribution in [3.8, 4) is 5.75 Å². The van der Waals surface area contributed by atoms with Crippen LogP contribution in [0.4, 0.5) is 0 Å². The molecule has 2 aromatic rings.